The van der Waals surface area contributed by atoms with Gasteiger partial charge in [0.2, 0.25) is 0 Å². The number of ether oxygens (including phenoxy) is 1. The second-order valence-corrected chi connectivity index (χ2v) is 15.1. The summed E-state index contributed by atoms with van der Waals surface area (Å²) in [7, 11) is 1.93. The molecule has 0 saturated carbocycles. The largest absolute Gasteiger partial charge is 0.494 e. The number of hydrogen-bond acceptors (Lipinski definition) is 4. The van der Waals surface area contributed by atoms with Crippen LogP contribution < -0.4 is 9.64 Å². The number of fused-ring (bicyclic) bond motifs is 4. The first-order valence-corrected chi connectivity index (χ1v) is 18.4. The van der Waals surface area contributed by atoms with Gasteiger partial charge in [-0.2, -0.15) is 5.10 Å². The van der Waals surface area contributed by atoms with E-state index in [0.717, 1.165) is 71.8 Å². The molecule has 7 rings (SSSR count). The van der Waals surface area contributed by atoms with Crippen LogP contribution in [0.4, 0.5) is 5.69 Å². The maximum Gasteiger partial charge on any atom is 0.352 e. The second kappa shape index (κ2) is 13.4. The highest BCUT2D eigenvalue weighted by Crippen LogP contribution is 2.46. The Labute approximate surface area is 313 Å². The van der Waals surface area contributed by atoms with Crippen molar-refractivity contribution in [3.8, 4) is 16.9 Å². The number of aromatic carboxylic acids is 1. The van der Waals surface area contributed by atoms with E-state index < -0.39 is 5.97 Å². The first-order chi connectivity index (χ1) is 24.7. The highest BCUT2D eigenvalue weighted by molar-refractivity contribution is 6.35. The molecule has 6 aromatic rings. The van der Waals surface area contributed by atoms with Gasteiger partial charge in [-0.3, -0.25) is 9.48 Å². The van der Waals surface area contributed by atoms with E-state index in [4.69, 9.17) is 33.0 Å². The molecule has 0 fully saturated rings. The molecule has 270 valence electrons. The van der Waals surface area contributed by atoms with Crippen LogP contribution in [0.5, 0.6) is 5.75 Å². The van der Waals surface area contributed by atoms with Crippen molar-refractivity contribution >= 4 is 62.6 Å². The summed E-state index contributed by atoms with van der Waals surface area (Å²) in [6.07, 6.45) is 1.24. The zero-order valence-corrected chi connectivity index (χ0v) is 32.3. The van der Waals surface area contributed by atoms with Crippen molar-refractivity contribution in [3.63, 3.8) is 0 Å². The Bertz CT molecular complexity index is 2410. The van der Waals surface area contributed by atoms with Gasteiger partial charge in [0.15, 0.2) is 0 Å². The maximum atomic E-state index is 15.1. The maximum absolute atomic E-state index is 15.1. The molecule has 1 aliphatic rings. The number of halogens is 2. The molecular weight excluding hydrogens is 697 g/mol. The fourth-order valence-electron chi connectivity index (χ4n) is 8.13. The zero-order chi connectivity index (χ0) is 37.3. The number of nitrogens with zero attached hydrogens (tertiary/aromatic N) is 5. The second-order valence-electron chi connectivity index (χ2n) is 14.3. The summed E-state index contributed by atoms with van der Waals surface area (Å²) in [5.41, 5.74) is 9.71. The monoisotopic (exact) mass is 739 g/mol. The van der Waals surface area contributed by atoms with E-state index >= 15 is 4.79 Å². The van der Waals surface area contributed by atoms with Crippen LogP contribution in [0.1, 0.15) is 88.3 Å². The minimum atomic E-state index is -1.01. The lowest BCUT2D eigenvalue weighted by Gasteiger charge is -2.34. The highest BCUT2D eigenvalue weighted by Gasteiger charge is 2.37. The van der Waals surface area contributed by atoms with E-state index in [9.17, 15) is 9.90 Å². The lowest BCUT2D eigenvalue weighted by Crippen LogP contribution is -2.42. The molecule has 0 aliphatic carbocycles. The Morgan fingerprint density at radius 3 is 2.37 bits per heavy atom. The van der Waals surface area contributed by atoms with E-state index in [2.05, 4.69) is 11.5 Å². The highest BCUT2D eigenvalue weighted by atomic mass is 35.5. The third-order valence-corrected chi connectivity index (χ3v) is 11.4. The molecule has 3 aromatic carbocycles. The van der Waals surface area contributed by atoms with Gasteiger partial charge in [0.25, 0.3) is 5.91 Å². The zero-order valence-electron chi connectivity index (χ0n) is 30.8. The Morgan fingerprint density at radius 2 is 1.73 bits per heavy atom. The first kappa shape index (κ1) is 35.7. The number of carbonyl (C=O) groups is 2. The SMILES string of the molecule is Cc1cc(OCCCc2c3n(c4c(-c5c(C)nn(C)c5C)c(Cl)ccc24)[C@H](C)CN(c2cccc4c2cc(C(=O)O)n4C(C)C)C3=O)cc(C)c1Cl. The van der Waals surface area contributed by atoms with Gasteiger partial charge in [-0.05, 0) is 114 Å². The van der Waals surface area contributed by atoms with Crippen molar-refractivity contribution < 1.29 is 19.4 Å². The Morgan fingerprint density at radius 1 is 1.02 bits per heavy atom. The molecule has 1 amide bonds. The van der Waals surface area contributed by atoms with Gasteiger partial charge >= 0.3 is 5.97 Å². The van der Waals surface area contributed by atoms with Gasteiger partial charge in [-0.1, -0.05) is 35.3 Å². The fraction of sp³-hybridized carbons (Fsp3) is 0.341. The third kappa shape index (κ3) is 5.65. The standard InChI is InChI=1S/C41H43Cl2N5O4/c1-21(2)47-33-13-9-12-32(30(33)19-34(47)41(50)51)46-20-24(5)48-38-29(14-15-31(42)36(38)35-25(6)44-45(8)26(35)7)28(39(48)40(46)49)11-10-16-52-27-17-22(3)37(43)23(4)18-27/h9,12-15,17-19,21,24H,10-11,16,20H2,1-8H3,(H,50,51)/t24-/m1/s1. The Kier molecular flexibility index (Phi) is 9.16. The number of carboxylic acids is 1. The summed E-state index contributed by atoms with van der Waals surface area (Å²) >= 11 is 13.5. The molecule has 1 N–H and O–H groups in total. The number of hydrogen-bond donors (Lipinski definition) is 1. The summed E-state index contributed by atoms with van der Waals surface area (Å²) in [5, 5.41) is 17.9. The van der Waals surface area contributed by atoms with Crippen molar-refractivity contribution in [1.29, 1.82) is 0 Å². The van der Waals surface area contributed by atoms with Gasteiger partial charge in [0.1, 0.15) is 17.1 Å². The van der Waals surface area contributed by atoms with Crippen LogP contribution in [0.15, 0.2) is 48.5 Å². The van der Waals surface area contributed by atoms with E-state index in [0.29, 0.717) is 42.4 Å². The minimum absolute atomic E-state index is 0.0885. The molecule has 1 aliphatic heterocycles. The number of aryl methyl sites for hydroxylation is 5. The smallest absolute Gasteiger partial charge is 0.352 e. The molecule has 0 unspecified atom stereocenters. The predicted octanol–water partition coefficient (Wildman–Crippen LogP) is 10.0. The van der Waals surface area contributed by atoms with Crippen LogP contribution in [0.25, 0.3) is 32.9 Å². The molecule has 4 heterocycles. The normalized spacial score (nSPS) is 14.6. The quantitative estimate of drug-likeness (QED) is 0.149. The van der Waals surface area contributed by atoms with Gasteiger partial charge < -0.3 is 23.9 Å². The summed E-state index contributed by atoms with van der Waals surface area (Å²) in [6, 6.07) is 15.0. The van der Waals surface area contributed by atoms with E-state index in [1.54, 1.807) is 6.07 Å². The van der Waals surface area contributed by atoms with Gasteiger partial charge in [0.05, 0.1) is 34.0 Å². The van der Waals surface area contributed by atoms with Crippen LogP contribution in [0.3, 0.4) is 0 Å². The van der Waals surface area contributed by atoms with E-state index in [1.807, 2.05) is 105 Å². The fourth-order valence-corrected chi connectivity index (χ4v) is 8.48. The molecular formula is C41H43Cl2N5O4. The number of carbonyl (C=O) groups excluding carboxylic acids is 1. The Balaban J connectivity index is 1.39. The third-order valence-electron chi connectivity index (χ3n) is 10.5. The lowest BCUT2D eigenvalue weighted by atomic mass is 9.98. The predicted molar refractivity (Wildman–Crippen MR) is 209 cm³/mol. The van der Waals surface area contributed by atoms with Crippen LogP contribution >= 0.6 is 23.2 Å². The lowest BCUT2D eigenvalue weighted by molar-refractivity contribution is 0.0683. The summed E-state index contributed by atoms with van der Waals surface area (Å²) in [4.78, 5) is 29.3. The number of anilines is 1. The Hall–Kier alpha value is -4.73. The first-order valence-electron chi connectivity index (χ1n) is 17.7. The molecule has 0 saturated heterocycles. The number of benzene rings is 3. The summed E-state index contributed by atoms with van der Waals surface area (Å²) in [5.74, 6) is -0.386. The number of rotatable bonds is 9. The molecule has 0 bridgehead atoms. The van der Waals surface area contributed by atoms with Gasteiger partial charge in [-0.15, -0.1) is 0 Å². The van der Waals surface area contributed by atoms with Crippen LogP contribution in [-0.2, 0) is 13.5 Å². The molecule has 0 spiro atoms. The minimum Gasteiger partial charge on any atom is -0.494 e. The number of amides is 1. The van der Waals surface area contributed by atoms with Crippen LogP contribution in [-0.4, -0.2) is 49.0 Å². The number of aromatic nitrogens is 4. The van der Waals surface area contributed by atoms with Crippen molar-refractivity contribution in [2.24, 2.45) is 7.05 Å². The molecule has 3 aromatic heterocycles. The average Bonchev–Trinajstić information content (AvgIpc) is 3.73. The number of carboxylic acid groups (broad SMARTS) is 1. The topological polar surface area (TPSA) is 94.5 Å². The van der Waals surface area contributed by atoms with Gasteiger partial charge in [0, 0.05) is 58.3 Å². The van der Waals surface area contributed by atoms with Crippen molar-refractivity contribution in [2.75, 3.05) is 18.1 Å². The average molecular weight is 741 g/mol. The van der Waals surface area contributed by atoms with E-state index in [1.165, 1.54) is 0 Å². The van der Waals surface area contributed by atoms with Crippen molar-refractivity contribution in [3.05, 3.63) is 98.0 Å². The van der Waals surface area contributed by atoms with Crippen LogP contribution in [0, 0.1) is 27.7 Å². The summed E-state index contributed by atoms with van der Waals surface area (Å²) < 4.78 is 12.1. The van der Waals surface area contributed by atoms with Crippen molar-refractivity contribution in [2.45, 2.75) is 73.4 Å². The van der Waals surface area contributed by atoms with E-state index in [-0.39, 0.29) is 23.7 Å². The molecule has 1 atom stereocenters. The van der Waals surface area contributed by atoms with Gasteiger partial charge in [-0.25, -0.2) is 4.79 Å². The van der Waals surface area contributed by atoms with Crippen LogP contribution in [0.2, 0.25) is 10.0 Å². The summed E-state index contributed by atoms with van der Waals surface area (Å²) in [6.45, 7) is 14.8. The van der Waals surface area contributed by atoms with Crippen molar-refractivity contribution in [1.82, 2.24) is 18.9 Å². The molecule has 9 nitrogen and oxygen atoms in total. The molecule has 52 heavy (non-hydrogen) atoms. The molecule has 0 radical (unpaired) electrons. The molecule has 11 heteroatoms.